The first-order valence-corrected chi connectivity index (χ1v) is 7.64. The Morgan fingerprint density at radius 2 is 1.89 bits per heavy atom. The highest BCUT2D eigenvalue weighted by molar-refractivity contribution is 4.89. The lowest BCUT2D eigenvalue weighted by molar-refractivity contribution is 0.0959. The van der Waals surface area contributed by atoms with Crippen LogP contribution in [0.25, 0.3) is 0 Å². The first kappa shape index (κ1) is 14.3. The molecule has 1 unspecified atom stereocenters. The fourth-order valence-corrected chi connectivity index (χ4v) is 3.44. The molecule has 1 atom stereocenters. The van der Waals surface area contributed by atoms with Gasteiger partial charge in [0.15, 0.2) is 0 Å². The Labute approximate surface area is 113 Å². The van der Waals surface area contributed by atoms with Gasteiger partial charge in [0.1, 0.15) is 0 Å². The van der Waals surface area contributed by atoms with Gasteiger partial charge in [-0.05, 0) is 51.4 Å². The quantitative estimate of drug-likeness (QED) is 0.824. The molecule has 2 saturated heterocycles. The molecule has 0 amide bonds. The Morgan fingerprint density at radius 3 is 2.50 bits per heavy atom. The normalized spacial score (nSPS) is 30.2. The van der Waals surface area contributed by atoms with Gasteiger partial charge in [-0.15, -0.1) is 0 Å². The minimum absolute atomic E-state index is 0.555. The van der Waals surface area contributed by atoms with Crippen molar-refractivity contribution in [2.24, 2.45) is 5.41 Å². The van der Waals surface area contributed by atoms with Gasteiger partial charge in [0, 0.05) is 25.2 Å². The van der Waals surface area contributed by atoms with Crippen molar-refractivity contribution < 1.29 is 0 Å². The summed E-state index contributed by atoms with van der Waals surface area (Å²) in [4.78, 5) is 5.15. The molecule has 2 fully saturated rings. The molecule has 2 heterocycles. The van der Waals surface area contributed by atoms with Crippen molar-refractivity contribution in [2.75, 3.05) is 39.8 Å². The third kappa shape index (κ3) is 3.94. The van der Waals surface area contributed by atoms with Crippen LogP contribution in [0.4, 0.5) is 0 Å². The zero-order valence-corrected chi connectivity index (χ0v) is 12.7. The van der Waals surface area contributed by atoms with Crippen LogP contribution in [0.5, 0.6) is 0 Å². The SMILES string of the molecule is CC(C)NC1CCN(CC2(C)CCN(C)CC2)C1. The molecule has 2 aliphatic rings. The van der Waals surface area contributed by atoms with Crippen molar-refractivity contribution in [3.05, 3.63) is 0 Å². The summed E-state index contributed by atoms with van der Waals surface area (Å²) in [6.45, 7) is 13.4. The van der Waals surface area contributed by atoms with Crippen LogP contribution in [0.3, 0.4) is 0 Å². The van der Waals surface area contributed by atoms with E-state index in [1.165, 1.54) is 52.0 Å². The van der Waals surface area contributed by atoms with Gasteiger partial charge in [-0.2, -0.15) is 0 Å². The molecule has 1 N–H and O–H groups in total. The summed E-state index contributed by atoms with van der Waals surface area (Å²) in [6, 6.07) is 1.34. The van der Waals surface area contributed by atoms with Gasteiger partial charge < -0.3 is 15.1 Å². The van der Waals surface area contributed by atoms with Crippen LogP contribution in [0.1, 0.15) is 40.0 Å². The molecular formula is C15H31N3. The Kier molecular flexibility index (Phi) is 4.68. The van der Waals surface area contributed by atoms with E-state index in [1.54, 1.807) is 0 Å². The topological polar surface area (TPSA) is 18.5 Å². The van der Waals surface area contributed by atoms with E-state index in [0.717, 1.165) is 6.04 Å². The molecule has 0 aliphatic carbocycles. The molecule has 2 aliphatic heterocycles. The van der Waals surface area contributed by atoms with E-state index >= 15 is 0 Å². The lowest BCUT2D eigenvalue weighted by Gasteiger charge is -2.40. The molecule has 2 rings (SSSR count). The zero-order valence-electron chi connectivity index (χ0n) is 12.7. The van der Waals surface area contributed by atoms with Gasteiger partial charge >= 0.3 is 0 Å². The van der Waals surface area contributed by atoms with E-state index in [4.69, 9.17) is 0 Å². The number of nitrogens with zero attached hydrogens (tertiary/aromatic N) is 2. The van der Waals surface area contributed by atoms with Crippen molar-refractivity contribution in [1.82, 2.24) is 15.1 Å². The number of hydrogen-bond donors (Lipinski definition) is 1. The van der Waals surface area contributed by atoms with Crippen LogP contribution in [-0.4, -0.2) is 61.7 Å². The highest BCUT2D eigenvalue weighted by Gasteiger charge is 2.33. The lowest BCUT2D eigenvalue weighted by Crippen LogP contribution is -2.44. The van der Waals surface area contributed by atoms with E-state index in [1.807, 2.05) is 0 Å². The maximum absolute atomic E-state index is 3.68. The average molecular weight is 253 g/mol. The fraction of sp³-hybridized carbons (Fsp3) is 1.00. The van der Waals surface area contributed by atoms with Crippen LogP contribution < -0.4 is 5.32 Å². The van der Waals surface area contributed by atoms with Crippen LogP contribution in [0.15, 0.2) is 0 Å². The first-order valence-electron chi connectivity index (χ1n) is 7.64. The van der Waals surface area contributed by atoms with Gasteiger partial charge in [0.2, 0.25) is 0 Å². The van der Waals surface area contributed by atoms with Crippen LogP contribution in [0.2, 0.25) is 0 Å². The summed E-state index contributed by atoms with van der Waals surface area (Å²) in [5, 5.41) is 3.68. The van der Waals surface area contributed by atoms with Crippen molar-refractivity contribution in [3.63, 3.8) is 0 Å². The summed E-state index contributed by atoms with van der Waals surface area (Å²) in [6.07, 6.45) is 4.05. The largest absolute Gasteiger partial charge is 0.310 e. The van der Waals surface area contributed by atoms with Crippen LogP contribution in [0, 0.1) is 5.41 Å². The van der Waals surface area contributed by atoms with Crippen molar-refractivity contribution in [3.8, 4) is 0 Å². The van der Waals surface area contributed by atoms with E-state index in [-0.39, 0.29) is 0 Å². The fourth-order valence-electron chi connectivity index (χ4n) is 3.44. The summed E-state index contributed by atoms with van der Waals surface area (Å²) in [5.74, 6) is 0. The van der Waals surface area contributed by atoms with Crippen LogP contribution >= 0.6 is 0 Å². The van der Waals surface area contributed by atoms with E-state index in [2.05, 4.69) is 42.9 Å². The maximum atomic E-state index is 3.68. The second kappa shape index (κ2) is 5.89. The average Bonchev–Trinajstić information content (AvgIpc) is 2.69. The Balaban J connectivity index is 1.77. The van der Waals surface area contributed by atoms with Gasteiger partial charge in [0.05, 0.1) is 0 Å². The summed E-state index contributed by atoms with van der Waals surface area (Å²) in [7, 11) is 2.25. The molecule has 3 heteroatoms. The highest BCUT2D eigenvalue weighted by Crippen LogP contribution is 2.32. The molecule has 18 heavy (non-hydrogen) atoms. The molecule has 0 aromatic rings. The van der Waals surface area contributed by atoms with Gasteiger partial charge in [-0.1, -0.05) is 20.8 Å². The smallest absolute Gasteiger partial charge is 0.0209 e. The maximum Gasteiger partial charge on any atom is 0.0209 e. The molecule has 3 nitrogen and oxygen atoms in total. The third-order valence-electron chi connectivity index (χ3n) is 4.64. The molecule has 0 aromatic heterocycles. The summed E-state index contributed by atoms with van der Waals surface area (Å²) >= 11 is 0. The Hall–Kier alpha value is -0.120. The zero-order chi connectivity index (χ0) is 13.2. The predicted molar refractivity (Wildman–Crippen MR) is 78.0 cm³/mol. The van der Waals surface area contributed by atoms with Crippen molar-refractivity contribution in [1.29, 1.82) is 0 Å². The molecular weight excluding hydrogens is 222 g/mol. The molecule has 0 bridgehead atoms. The summed E-state index contributed by atoms with van der Waals surface area (Å²) < 4.78 is 0. The standard InChI is InChI=1S/C15H31N3/c1-13(2)16-14-5-8-18(11-14)12-15(3)6-9-17(4)10-7-15/h13-14,16H,5-12H2,1-4H3. The monoisotopic (exact) mass is 253 g/mol. The minimum atomic E-state index is 0.555. The van der Waals surface area contributed by atoms with E-state index in [0.29, 0.717) is 11.5 Å². The van der Waals surface area contributed by atoms with Crippen molar-refractivity contribution in [2.45, 2.75) is 52.1 Å². The Morgan fingerprint density at radius 1 is 1.22 bits per heavy atom. The van der Waals surface area contributed by atoms with Gasteiger partial charge in [-0.3, -0.25) is 0 Å². The number of piperidine rings is 1. The first-order chi connectivity index (χ1) is 8.47. The second-order valence-corrected chi connectivity index (χ2v) is 7.16. The molecule has 0 spiro atoms. The van der Waals surface area contributed by atoms with Gasteiger partial charge in [-0.25, -0.2) is 0 Å². The van der Waals surface area contributed by atoms with E-state index in [9.17, 15) is 0 Å². The Bertz CT molecular complexity index is 256. The lowest BCUT2D eigenvalue weighted by atomic mass is 9.80. The van der Waals surface area contributed by atoms with Gasteiger partial charge in [0.25, 0.3) is 0 Å². The van der Waals surface area contributed by atoms with E-state index < -0.39 is 0 Å². The second-order valence-electron chi connectivity index (χ2n) is 7.16. The molecule has 0 aromatic carbocycles. The third-order valence-corrected chi connectivity index (χ3v) is 4.64. The predicted octanol–water partition coefficient (Wildman–Crippen LogP) is 1.79. The molecule has 106 valence electrons. The minimum Gasteiger partial charge on any atom is -0.310 e. The highest BCUT2D eigenvalue weighted by atomic mass is 15.2. The molecule has 0 saturated carbocycles. The number of hydrogen-bond acceptors (Lipinski definition) is 3. The van der Waals surface area contributed by atoms with Crippen molar-refractivity contribution >= 4 is 0 Å². The molecule has 0 radical (unpaired) electrons. The number of likely N-dealkylation sites (tertiary alicyclic amines) is 2. The number of nitrogens with one attached hydrogen (secondary N) is 1. The van der Waals surface area contributed by atoms with Crippen LogP contribution in [-0.2, 0) is 0 Å². The summed E-state index contributed by atoms with van der Waals surface area (Å²) in [5.41, 5.74) is 0.555. The number of rotatable bonds is 4.